The van der Waals surface area contributed by atoms with Gasteiger partial charge in [-0.2, -0.15) is 0 Å². The Balaban J connectivity index is 2.23. The number of ether oxygens (including phenoxy) is 1. The number of halogens is 1. The average Bonchev–Trinajstić information content (AvgIpc) is 2.86. The van der Waals surface area contributed by atoms with Crippen molar-refractivity contribution in [2.45, 2.75) is 12.8 Å². The molecule has 2 heterocycles. The molecule has 0 aliphatic carbocycles. The van der Waals surface area contributed by atoms with Gasteiger partial charge in [0.15, 0.2) is 0 Å². The van der Waals surface area contributed by atoms with E-state index in [1.165, 1.54) is 4.88 Å². The van der Waals surface area contributed by atoms with Gasteiger partial charge >= 0.3 is 0 Å². The number of thiophene rings is 1. The second-order valence-electron chi connectivity index (χ2n) is 3.53. The van der Waals surface area contributed by atoms with E-state index in [9.17, 15) is 0 Å². The summed E-state index contributed by atoms with van der Waals surface area (Å²) < 4.78 is 6.26. The fraction of sp³-hybridized carbons (Fsp3) is 0.364. The molecule has 0 unspecified atom stereocenters. The smallest absolute Gasteiger partial charge is 0.0984 e. The standard InChI is InChI=1S/C11H12BrNOS2/c1-7(5-14-2)11-13-9(6-16-11)10-8(12)3-4-15-10/h3-4,6-7H,5H2,1-2H3/t7-/m0/s1. The number of hydrogen-bond acceptors (Lipinski definition) is 4. The predicted molar refractivity (Wildman–Crippen MR) is 73.4 cm³/mol. The third-order valence-corrected chi connectivity index (χ3v) is 5.15. The molecule has 5 heteroatoms. The zero-order valence-electron chi connectivity index (χ0n) is 9.07. The summed E-state index contributed by atoms with van der Waals surface area (Å²) in [5, 5.41) is 5.31. The van der Waals surface area contributed by atoms with Crippen LogP contribution in [0.15, 0.2) is 21.3 Å². The van der Waals surface area contributed by atoms with Gasteiger partial charge in [-0.15, -0.1) is 22.7 Å². The SMILES string of the molecule is COC[C@H](C)c1nc(-c2sccc2Br)cs1. The Bertz CT molecular complexity index is 466. The molecule has 2 nitrogen and oxygen atoms in total. The van der Waals surface area contributed by atoms with E-state index in [1.54, 1.807) is 29.8 Å². The van der Waals surface area contributed by atoms with Crippen LogP contribution in [0.25, 0.3) is 10.6 Å². The Morgan fingerprint density at radius 3 is 2.94 bits per heavy atom. The fourth-order valence-electron chi connectivity index (χ4n) is 1.42. The van der Waals surface area contributed by atoms with Crippen LogP contribution in [0.2, 0.25) is 0 Å². The van der Waals surface area contributed by atoms with E-state index in [0.717, 1.165) is 21.8 Å². The molecular formula is C11H12BrNOS2. The van der Waals surface area contributed by atoms with Crippen molar-refractivity contribution in [1.29, 1.82) is 0 Å². The first-order valence-corrected chi connectivity index (χ1v) is 7.45. The molecule has 2 aromatic rings. The van der Waals surface area contributed by atoms with Crippen LogP contribution < -0.4 is 0 Å². The third kappa shape index (κ3) is 2.53. The van der Waals surface area contributed by atoms with E-state index < -0.39 is 0 Å². The van der Waals surface area contributed by atoms with Gasteiger partial charge in [0, 0.05) is 22.9 Å². The van der Waals surface area contributed by atoms with E-state index in [-0.39, 0.29) is 0 Å². The van der Waals surface area contributed by atoms with Crippen LogP contribution in [-0.2, 0) is 4.74 Å². The molecule has 0 amide bonds. The van der Waals surface area contributed by atoms with Crippen molar-refractivity contribution in [1.82, 2.24) is 4.98 Å². The van der Waals surface area contributed by atoms with E-state index in [4.69, 9.17) is 4.74 Å². The van der Waals surface area contributed by atoms with Crippen molar-refractivity contribution in [2.75, 3.05) is 13.7 Å². The molecule has 0 N–H and O–H groups in total. The quantitative estimate of drug-likeness (QED) is 0.834. The topological polar surface area (TPSA) is 22.1 Å². The average molecular weight is 318 g/mol. The van der Waals surface area contributed by atoms with Crippen molar-refractivity contribution < 1.29 is 4.74 Å². The predicted octanol–water partition coefficient (Wildman–Crippen LogP) is 4.38. The highest BCUT2D eigenvalue weighted by Gasteiger charge is 2.13. The lowest BCUT2D eigenvalue weighted by Gasteiger charge is -2.05. The summed E-state index contributed by atoms with van der Waals surface area (Å²) in [5.74, 6) is 0.363. The highest BCUT2D eigenvalue weighted by atomic mass is 79.9. The molecule has 2 aromatic heterocycles. The highest BCUT2D eigenvalue weighted by molar-refractivity contribution is 9.10. The van der Waals surface area contributed by atoms with Crippen molar-refractivity contribution in [3.05, 3.63) is 26.3 Å². The largest absolute Gasteiger partial charge is 0.384 e. The number of nitrogens with zero attached hydrogens (tertiary/aromatic N) is 1. The van der Waals surface area contributed by atoms with Gasteiger partial charge in [0.1, 0.15) is 0 Å². The molecule has 0 aromatic carbocycles. The Labute approximate surface area is 111 Å². The van der Waals surface area contributed by atoms with Crippen molar-refractivity contribution in [3.8, 4) is 10.6 Å². The number of hydrogen-bond donors (Lipinski definition) is 0. The van der Waals surface area contributed by atoms with Crippen LogP contribution in [0, 0.1) is 0 Å². The maximum atomic E-state index is 5.14. The maximum Gasteiger partial charge on any atom is 0.0984 e. The lowest BCUT2D eigenvalue weighted by atomic mass is 10.2. The first-order chi connectivity index (χ1) is 7.72. The Hall–Kier alpha value is -0.230. The van der Waals surface area contributed by atoms with Crippen molar-refractivity contribution >= 4 is 38.6 Å². The molecule has 0 saturated carbocycles. The zero-order valence-corrected chi connectivity index (χ0v) is 12.3. The van der Waals surface area contributed by atoms with E-state index >= 15 is 0 Å². The first kappa shape index (κ1) is 12.2. The summed E-state index contributed by atoms with van der Waals surface area (Å²) in [6.45, 7) is 2.86. The van der Waals surface area contributed by atoms with Gasteiger partial charge in [-0.1, -0.05) is 6.92 Å². The lowest BCUT2D eigenvalue weighted by Crippen LogP contribution is -2.00. The minimum Gasteiger partial charge on any atom is -0.384 e. The molecular weight excluding hydrogens is 306 g/mol. The van der Waals surface area contributed by atoms with E-state index in [1.807, 2.05) is 0 Å². The minimum absolute atomic E-state index is 0.363. The van der Waals surface area contributed by atoms with Crippen LogP contribution in [0.3, 0.4) is 0 Å². The molecule has 2 rings (SSSR count). The van der Waals surface area contributed by atoms with Crippen molar-refractivity contribution in [3.63, 3.8) is 0 Å². The lowest BCUT2D eigenvalue weighted by molar-refractivity contribution is 0.184. The molecule has 86 valence electrons. The molecule has 0 saturated heterocycles. The summed E-state index contributed by atoms with van der Waals surface area (Å²) in [6, 6.07) is 2.05. The molecule has 1 atom stereocenters. The van der Waals surface area contributed by atoms with Crippen LogP contribution in [-0.4, -0.2) is 18.7 Å². The van der Waals surface area contributed by atoms with Gasteiger partial charge in [-0.3, -0.25) is 0 Å². The molecule has 0 aliphatic heterocycles. The zero-order chi connectivity index (χ0) is 11.5. The fourth-order valence-corrected chi connectivity index (χ4v) is 3.88. The summed E-state index contributed by atoms with van der Waals surface area (Å²) >= 11 is 6.94. The van der Waals surface area contributed by atoms with Gasteiger partial charge in [0.05, 0.1) is 22.2 Å². The summed E-state index contributed by atoms with van der Waals surface area (Å²) in [6.07, 6.45) is 0. The summed E-state index contributed by atoms with van der Waals surface area (Å²) in [4.78, 5) is 5.85. The van der Waals surface area contributed by atoms with Gasteiger partial charge in [0.25, 0.3) is 0 Å². The number of thiazole rings is 1. The van der Waals surface area contributed by atoms with Crippen LogP contribution in [0.4, 0.5) is 0 Å². The normalized spacial score (nSPS) is 12.9. The maximum absolute atomic E-state index is 5.14. The molecule has 0 spiro atoms. The summed E-state index contributed by atoms with van der Waals surface area (Å²) in [5.41, 5.74) is 1.06. The van der Waals surface area contributed by atoms with E-state index in [0.29, 0.717) is 5.92 Å². The highest BCUT2D eigenvalue weighted by Crippen LogP contribution is 2.35. The van der Waals surface area contributed by atoms with Gasteiger partial charge in [-0.25, -0.2) is 4.98 Å². The van der Waals surface area contributed by atoms with Crippen molar-refractivity contribution in [2.24, 2.45) is 0 Å². The van der Waals surface area contributed by atoms with Crippen LogP contribution >= 0.6 is 38.6 Å². The molecule has 16 heavy (non-hydrogen) atoms. The second-order valence-corrected chi connectivity index (χ2v) is 6.19. The number of rotatable bonds is 4. The third-order valence-electron chi connectivity index (χ3n) is 2.21. The monoisotopic (exact) mass is 317 g/mol. The Kier molecular flexibility index (Phi) is 4.13. The molecule has 0 fully saturated rings. The Morgan fingerprint density at radius 2 is 2.31 bits per heavy atom. The first-order valence-electron chi connectivity index (χ1n) is 4.90. The molecule has 0 radical (unpaired) electrons. The molecule has 0 aliphatic rings. The Morgan fingerprint density at radius 1 is 1.50 bits per heavy atom. The van der Waals surface area contributed by atoms with Gasteiger partial charge < -0.3 is 4.74 Å². The van der Waals surface area contributed by atoms with E-state index in [2.05, 4.69) is 44.7 Å². The second kappa shape index (κ2) is 5.40. The summed E-state index contributed by atoms with van der Waals surface area (Å²) in [7, 11) is 1.72. The van der Waals surface area contributed by atoms with Crippen LogP contribution in [0.5, 0.6) is 0 Å². The van der Waals surface area contributed by atoms with Crippen LogP contribution in [0.1, 0.15) is 17.8 Å². The minimum atomic E-state index is 0.363. The number of aromatic nitrogens is 1. The molecule has 0 bridgehead atoms. The number of methoxy groups -OCH3 is 1. The van der Waals surface area contributed by atoms with Gasteiger partial charge in [-0.05, 0) is 27.4 Å². The van der Waals surface area contributed by atoms with Gasteiger partial charge in [0.2, 0.25) is 0 Å².